The van der Waals surface area contributed by atoms with Gasteiger partial charge in [0.1, 0.15) is 17.5 Å². The Balaban J connectivity index is 1.94. The molecule has 2 aromatic carbocycles. The molecule has 6 heteroatoms. The second-order valence-electron chi connectivity index (χ2n) is 7.29. The summed E-state index contributed by atoms with van der Waals surface area (Å²) in [6.07, 6.45) is 2.56. The average Bonchev–Trinajstić information content (AvgIpc) is 3.18. The molecule has 0 saturated carbocycles. The number of nitrogens with zero attached hydrogens (tertiary/aromatic N) is 1. The second-order valence-corrected chi connectivity index (χ2v) is 8.20. The number of hydrogen-bond donors (Lipinski definition) is 1. The molecule has 29 heavy (non-hydrogen) atoms. The minimum Gasteiger partial charge on any atom is -0.497 e. The minimum absolute atomic E-state index is 0.224. The van der Waals surface area contributed by atoms with E-state index in [0.29, 0.717) is 6.42 Å². The van der Waals surface area contributed by atoms with Gasteiger partial charge in [0.15, 0.2) is 0 Å². The first-order valence-electron chi connectivity index (χ1n) is 9.80. The second kappa shape index (κ2) is 8.43. The minimum atomic E-state index is -0.768. The Morgan fingerprint density at radius 2 is 1.97 bits per heavy atom. The summed E-state index contributed by atoms with van der Waals surface area (Å²) in [5, 5.41) is 13.3. The Labute approximate surface area is 174 Å². The Morgan fingerprint density at radius 3 is 2.72 bits per heavy atom. The van der Waals surface area contributed by atoms with E-state index in [9.17, 15) is 9.90 Å². The highest BCUT2D eigenvalue weighted by Crippen LogP contribution is 2.43. The van der Waals surface area contributed by atoms with E-state index in [2.05, 4.69) is 22.4 Å². The number of carboxylic acids is 1. The zero-order valence-electron chi connectivity index (χ0n) is 16.6. The van der Waals surface area contributed by atoms with Crippen LogP contribution in [0.2, 0.25) is 0 Å². The van der Waals surface area contributed by atoms with Crippen LogP contribution in [-0.2, 0) is 4.79 Å². The number of likely N-dealkylation sites (tertiary alicyclic amines) is 1. The third kappa shape index (κ3) is 3.70. The van der Waals surface area contributed by atoms with Gasteiger partial charge in [0.05, 0.1) is 20.3 Å². The number of carbonyl (C=O) groups is 1. The van der Waals surface area contributed by atoms with Crippen molar-refractivity contribution in [2.45, 2.75) is 31.3 Å². The summed E-state index contributed by atoms with van der Waals surface area (Å²) < 4.78 is 12.4. The molecule has 2 heterocycles. The number of rotatable bonds is 6. The van der Waals surface area contributed by atoms with Crippen molar-refractivity contribution in [1.82, 2.24) is 4.90 Å². The monoisotopic (exact) mass is 411 g/mol. The van der Waals surface area contributed by atoms with Crippen molar-refractivity contribution < 1.29 is 19.4 Å². The molecule has 3 aromatic rings. The van der Waals surface area contributed by atoms with Crippen LogP contribution in [-0.4, -0.2) is 42.8 Å². The number of thiophene rings is 1. The molecule has 5 nitrogen and oxygen atoms in total. The Morgan fingerprint density at radius 1 is 1.14 bits per heavy atom. The molecule has 0 amide bonds. The normalized spacial score (nSPS) is 18.5. The van der Waals surface area contributed by atoms with Crippen LogP contribution in [0.5, 0.6) is 11.5 Å². The lowest BCUT2D eigenvalue weighted by atomic mass is 9.91. The van der Waals surface area contributed by atoms with Crippen LogP contribution in [0.1, 0.15) is 36.4 Å². The predicted octanol–water partition coefficient (Wildman–Crippen LogP) is 4.95. The maximum Gasteiger partial charge on any atom is 0.320 e. The van der Waals surface area contributed by atoms with Crippen LogP contribution in [0.3, 0.4) is 0 Å². The van der Waals surface area contributed by atoms with Gasteiger partial charge in [-0.15, -0.1) is 11.3 Å². The van der Waals surface area contributed by atoms with Crippen LogP contribution in [0.4, 0.5) is 0 Å². The van der Waals surface area contributed by atoms with Crippen molar-refractivity contribution in [3.63, 3.8) is 0 Å². The number of ether oxygens (including phenoxy) is 2. The maximum atomic E-state index is 12.1. The standard InChI is InChI=1S/C23H25NO4S/c1-27-15-10-11-20(28-2)17(13-15)22(24-12-6-5-8-19(24)23(25)26)18-14-29-21-9-4-3-7-16(18)21/h3-4,7,9-11,13-14,19,22H,5-6,8,12H2,1-2H3,(H,25,26). The molecule has 0 radical (unpaired) electrons. The Kier molecular flexibility index (Phi) is 5.74. The van der Waals surface area contributed by atoms with E-state index in [4.69, 9.17) is 9.47 Å². The largest absolute Gasteiger partial charge is 0.497 e. The maximum absolute atomic E-state index is 12.1. The molecule has 0 spiro atoms. The quantitative estimate of drug-likeness (QED) is 0.622. The van der Waals surface area contributed by atoms with E-state index in [-0.39, 0.29) is 6.04 Å². The van der Waals surface area contributed by atoms with Gasteiger partial charge < -0.3 is 14.6 Å². The molecule has 2 atom stereocenters. The number of hydrogen-bond acceptors (Lipinski definition) is 5. The van der Waals surface area contributed by atoms with E-state index in [1.54, 1.807) is 25.6 Å². The van der Waals surface area contributed by atoms with Crippen molar-refractivity contribution in [3.05, 3.63) is 59.0 Å². The molecule has 2 unspecified atom stereocenters. The third-order valence-electron chi connectivity index (χ3n) is 5.70. The number of methoxy groups -OCH3 is 2. The summed E-state index contributed by atoms with van der Waals surface area (Å²) in [5.74, 6) is 0.700. The Hall–Kier alpha value is -2.57. The molecule has 1 aromatic heterocycles. The zero-order valence-corrected chi connectivity index (χ0v) is 17.4. The van der Waals surface area contributed by atoms with E-state index in [1.165, 1.54) is 4.70 Å². The van der Waals surface area contributed by atoms with E-state index in [1.807, 2.05) is 30.3 Å². The first-order chi connectivity index (χ1) is 14.1. The molecule has 152 valence electrons. The summed E-state index contributed by atoms with van der Waals surface area (Å²) >= 11 is 1.69. The molecule has 1 aliphatic heterocycles. The summed E-state index contributed by atoms with van der Waals surface area (Å²) in [7, 11) is 3.29. The highest BCUT2D eigenvalue weighted by atomic mass is 32.1. The van der Waals surface area contributed by atoms with Gasteiger partial charge >= 0.3 is 5.97 Å². The molecule has 0 bridgehead atoms. The number of piperidine rings is 1. The van der Waals surface area contributed by atoms with Gasteiger partial charge in [0, 0.05) is 10.3 Å². The SMILES string of the molecule is COc1ccc(OC)c(C(c2csc3ccccc23)N2CCCCC2C(=O)O)c1. The van der Waals surface area contributed by atoms with Gasteiger partial charge in [-0.25, -0.2) is 0 Å². The molecule has 1 saturated heterocycles. The van der Waals surface area contributed by atoms with Crippen LogP contribution in [0.25, 0.3) is 10.1 Å². The summed E-state index contributed by atoms with van der Waals surface area (Å²) in [6, 6.07) is 13.3. The molecule has 1 fully saturated rings. The lowest BCUT2D eigenvalue weighted by Crippen LogP contribution is -2.46. The van der Waals surface area contributed by atoms with Crippen molar-refractivity contribution in [2.75, 3.05) is 20.8 Å². The lowest BCUT2D eigenvalue weighted by Gasteiger charge is -2.40. The van der Waals surface area contributed by atoms with Gasteiger partial charge in [-0.3, -0.25) is 9.69 Å². The predicted molar refractivity (Wildman–Crippen MR) is 115 cm³/mol. The van der Waals surface area contributed by atoms with Gasteiger partial charge in [0.25, 0.3) is 0 Å². The summed E-state index contributed by atoms with van der Waals surface area (Å²) in [4.78, 5) is 14.2. The smallest absolute Gasteiger partial charge is 0.320 e. The fraction of sp³-hybridized carbons (Fsp3) is 0.348. The topological polar surface area (TPSA) is 59.0 Å². The van der Waals surface area contributed by atoms with Crippen LogP contribution in [0.15, 0.2) is 47.8 Å². The van der Waals surface area contributed by atoms with Gasteiger partial charge in [-0.05, 0) is 60.0 Å². The number of benzene rings is 2. The number of aliphatic carboxylic acids is 1. The highest BCUT2D eigenvalue weighted by molar-refractivity contribution is 7.17. The van der Waals surface area contributed by atoms with Crippen LogP contribution >= 0.6 is 11.3 Å². The summed E-state index contributed by atoms with van der Waals surface area (Å²) in [5.41, 5.74) is 2.05. The van der Waals surface area contributed by atoms with Crippen molar-refractivity contribution in [2.24, 2.45) is 0 Å². The van der Waals surface area contributed by atoms with Crippen LogP contribution < -0.4 is 9.47 Å². The first-order valence-corrected chi connectivity index (χ1v) is 10.7. The molecule has 1 N–H and O–H groups in total. The molecule has 0 aliphatic carbocycles. The molecular formula is C23H25NO4S. The van der Waals surface area contributed by atoms with E-state index >= 15 is 0 Å². The zero-order chi connectivity index (χ0) is 20.4. The highest BCUT2D eigenvalue weighted by Gasteiger charge is 2.37. The van der Waals surface area contributed by atoms with Crippen LogP contribution in [0, 0.1) is 0 Å². The fourth-order valence-electron chi connectivity index (χ4n) is 4.32. The fourth-order valence-corrected chi connectivity index (χ4v) is 5.30. The van der Waals surface area contributed by atoms with E-state index in [0.717, 1.165) is 47.4 Å². The molecule has 4 rings (SSSR count). The average molecular weight is 412 g/mol. The van der Waals surface area contributed by atoms with Crippen molar-refractivity contribution in [3.8, 4) is 11.5 Å². The number of fused-ring (bicyclic) bond motifs is 1. The van der Waals surface area contributed by atoms with E-state index < -0.39 is 12.0 Å². The van der Waals surface area contributed by atoms with Gasteiger partial charge in [-0.2, -0.15) is 0 Å². The van der Waals surface area contributed by atoms with Gasteiger partial charge in [0.2, 0.25) is 0 Å². The lowest BCUT2D eigenvalue weighted by molar-refractivity contribution is -0.145. The number of carboxylic acid groups (broad SMARTS) is 1. The van der Waals surface area contributed by atoms with Crippen molar-refractivity contribution in [1.29, 1.82) is 0 Å². The first kappa shape index (κ1) is 19.7. The Bertz CT molecular complexity index is 1020. The summed E-state index contributed by atoms with van der Waals surface area (Å²) in [6.45, 7) is 0.728. The van der Waals surface area contributed by atoms with Crippen molar-refractivity contribution >= 4 is 27.4 Å². The molecule has 1 aliphatic rings. The van der Waals surface area contributed by atoms with Gasteiger partial charge in [-0.1, -0.05) is 24.6 Å². The molecular weight excluding hydrogens is 386 g/mol. The third-order valence-corrected chi connectivity index (χ3v) is 6.68.